The van der Waals surface area contributed by atoms with E-state index in [0.717, 1.165) is 0 Å². The lowest BCUT2D eigenvalue weighted by Crippen LogP contribution is -2.57. The smallest absolute Gasteiger partial charge is 0.331 e. The van der Waals surface area contributed by atoms with Gasteiger partial charge in [0.15, 0.2) is 5.54 Å². The van der Waals surface area contributed by atoms with Crippen molar-refractivity contribution >= 4 is 17.8 Å². The minimum absolute atomic E-state index is 0.00931. The van der Waals surface area contributed by atoms with Crippen LogP contribution < -0.4 is 5.32 Å². The summed E-state index contributed by atoms with van der Waals surface area (Å²) < 4.78 is 5.11. The van der Waals surface area contributed by atoms with E-state index in [2.05, 4.69) is 5.32 Å². The summed E-state index contributed by atoms with van der Waals surface area (Å²) in [5, 5.41) is 11.9. The molecule has 2 aliphatic heterocycles. The van der Waals surface area contributed by atoms with E-state index >= 15 is 0 Å². The first-order valence-electron chi connectivity index (χ1n) is 6.83. The van der Waals surface area contributed by atoms with Crippen LogP contribution in [-0.2, 0) is 19.1 Å². The lowest BCUT2D eigenvalue weighted by atomic mass is 9.92. The minimum atomic E-state index is -1.28. The Bertz CT molecular complexity index is 409. The molecule has 0 radical (unpaired) electrons. The van der Waals surface area contributed by atoms with Gasteiger partial charge in [-0.3, -0.25) is 9.59 Å². The number of hydrogen-bond donors (Lipinski definition) is 2. The highest BCUT2D eigenvalue weighted by Crippen LogP contribution is 2.23. The van der Waals surface area contributed by atoms with E-state index in [1.807, 2.05) is 0 Å². The Labute approximate surface area is 117 Å². The largest absolute Gasteiger partial charge is 0.479 e. The Kier molecular flexibility index (Phi) is 4.27. The Hall–Kier alpha value is -1.63. The van der Waals surface area contributed by atoms with Crippen molar-refractivity contribution in [1.29, 1.82) is 0 Å². The molecule has 2 amide bonds. The Morgan fingerprint density at radius 2 is 1.95 bits per heavy atom. The molecule has 7 heteroatoms. The summed E-state index contributed by atoms with van der Waals surface area (Å²) in [7, 11) is 0. The Morgan fingerprint density at radius 3 is 2.40 bits per heavy atom. The number of carbonyl (C=O) groups excluding carboxylic acids is 2. The van der Waals surface area contributed by atoms with Crippen LogP contribution in [0.5, 0.6) is 0 Å². The molecule has 0 spiro atoms. The molecule has 0 aliphatic carbocycles. The lowest BCUT2D eigenvalue weighted by molar-refractivity contribution is -0.148. The Balaban J connectivity index is 1.92. The molecule has 2 heterocycles. The van der Waals surface area contributed by atoms with Crippen molar-refractivity contribution in [3.05, 3.63) is 0 Å². The van der Waals surface area contributed by atoms with Crippen molar-refractivity contribution in [1.82, 2.24) is 10.2 Å². The quantitative estimate of drug-likeness (QED) is 0.735. The molecule has 1 atom stereocenters. The van der Waals surface area contributed by atoms with Crippen LogP contribution in [0.2, 0.25) is 0 Å². The number of nitrogens with one attached hydrogen (secondary N) is 1. The molecule has 1 unspecified atom stereocenters. The summed E-state index contributed by atoms with van der Waals surface area (Å²) in [5.41, 5.74) is -1.28. The topological polar surface area (TPSA) is 95.9 Å². The third-order valence-corrected chi connectivity index (χ3v) is 4.10. The fraction of sp³-hybridized carbons (Fsp3) is 0.769. The van der Waals surface area contributed by atoms with Gasteiger partial charge in [0, 0.05) is 39.0 Å². The summed E-state index contributed by atoms with van der Waals surface area (Å²) in [6, 6.07) is 0. The molecule has 2 rings (SSSR count). The molecule has 0 aromatic rings. The maximum atomic E-state index is 12.2. The van der Waals surface area contributed by atoms with Crippen molar-refractivity contribution in [3.63, 3.8) is 0 Å². The zero-order valence-electron chi connectivity index (χ0n) is 11.6. The molecule has 2 N–H and O–H groups in total. The molecule has 0 aromatic carbocycles. The molecule has 0 saturated carbocycles. The van der Waals surface area contributed by atoms with E-state index in [-0.39, 0.29) is 24.3 Å². The SMILES string of the molecule is CC(=O)N1CCC(C(=O)NC2(C(=O)O)CCOC2)CC1. The van der Waals surface area contributed by atoms with E-state index < -0.39 is 11.5 Å². The predicted octanol–water partition coefficient (Wildman–Crippen LogP) is -0.395. The zero-order valence-corrected chi connectivity index (χ0v) is 11.6. The van der Waals surface area contributed by atoms with Crippen LogP contribution >= 0.6 is 0 Å². The van der Waals surface area contributed by atoms with Crippen molar-refractivity contribution in [2.45, 2.75) is 31.7 Å². The molecule has 7 nitrogen and oxygen atoms in total. The van der Waals surface area contributed by atoms with Crippen molar-refractivity contribution in [2.24, 2.45) is 5.92 Å². The number of carboxylic acid groups (broad SMARTS) is 1. The van der Waals surface area contributed by atoms with Crippen molar-refractivity contribution in [2.75, 3.05) is 26.3 Å². The standard InChI is InChI=1S/C13H20N2O5/c1-9(16)15-5-2-10(3-6-15)11(17)14-13(12(18)19)4-7-20-8-13/h10H,2-8H2,1H3,(H,14,17)(H,18,19). The van der Waals surface area contributed by atoms with Gasteiger partial charge in [0.05, 0.1) is 6.61 Å². The molecule has 0 bridgehead atoms. The molecular weight excluding hydrogens is 264 g/mol. The second kappa shape index (κ2) is 5.78. The van der Waals surface area contributed by atoms with Crippen LogP contribution in [-0.4, -0.2) is 59.6 Å². The summed E-state index contributed by atoms with van der Waals surface area (Å²) in [5.74, 6) is -1.52. The number of hydrogen-bond acceptors (Lipinski definition) is 4. The molecular formula is C13H20N2O5. The number of carbonyl (C=O) groups is 3. The first-order chi connectivity index (χ1) is 9.44. The highest BCUT2D eigenvalue weighted by molar-refractivity contribution is 5.88. The number of rotatable bonds is 3. The number of ether oxygens (including phenoxy) is 1. The number of nitrogens with zero attached hydrogens (tertiary/aromatic N) is 1. The number of aliphatic carboxylic acids is 1. The summed E-state index contributed by atoms with van der Waals surface area (Å²) >= 11 is 0. The van der Waals surface area contributed by atoms with Crippen LogP contribution in [0.1, 0.15) is 26.2 Å². The van der Waals surface area contributed by atoms with Gasteiger partial charge < -0.3 is 20.1 Å². The first kappa shape index (κ1) is 14.8. The summed E-state index contributed by atoms with van der Waals surface area (Å²) in [6.45, 7) is 2.96. The van der Waals surface area contributed by atoms with E-state index in [1.165, 1.54) is 6.92 Å². The number of carboxylic acids is 1. The summed E-state index contributed by atoms with van der Waals surface area (Å²) in [6.07, 6.45) is 1.43. The maximum absolute atomic E-state index is 12.2. The van der Waals surface area contributed by atoms with Crippen molar-refractivity contribution < 1.29 is 24.2 Å². The zero-order chi connectivity index (χ0) is 14.8. The minimum Gasteiger partial charge on any atom is -0.479 e. The van der Waals surface area contributed by atoms with Crippen molar-refractivity contribution in [3.8, 4) is 0 Å². The second-order valence-corrected chi connectivity index (χ2v) is 5.46. The van der Waals surface area contributed by atoms with Crippen LogP contribution in [0.15, 0.2) is 0 Å². The van der Waals surface area contributed by atoms with E-state index in [9.17, 15) is 19.5 Å². The van der Waals surface area contributed by atoms with Gasteiger partial charge in [0.25, 0.3) is 0 Å². The van der Waals surface area contributed by atoms with Gasteiger partial charge in [-0.2, -0.15) is 0 Å². The van der Waals surface area contributed by atoms with Gasteiger partial charge in [-0.1, -0.05) is 0 Å². The van der Waals surface area contributed by atoms with Gasteiger partial charge in [0.2, 0.25) is 11.8 Å². The molecule has 0 aromatic heterocycles. The number of piperidine rings is 1. The third-order valence-electron chi connectivity index (χ3n) is 4.10. The number of amides is 2. The number of likely N-dealkylation sites (tertiary alicyclic amines) is 1. The maximum Gasteiger partial charge on any atom is 0.331 e. The van der Waals surface area contributed by atoms with E-state index in [4.69, 9.17) is 4.74 Å². The predicted molar refractivity (Wildman–Crippen MR) is 68.9 cm³/mol. The Morgan fingerprint density at radius 1 is 1.30 bits per heavy atom. The highest BCUT2D eigenvalue weighted by atomic mass is 16.5. The molecule has 112 valence electrons. The van der Waals surface area contributed by atoms with E-state index in [1.54, 1.807) is 4.90 Å². The first-order valence-corrected chi connectivity index (χ1v) is 6.83. The van der Waals surface area contributed by atoms with Gasteiger partial charge in [0.1, 0.15) is 0 Å². The lowest BCUT2D eigenvalue weighted by Gasteiger charge is -2.32. The van der Waals surface area contributed by atoms with Crippen LogP contribution in [0.3, 0.4) is 0 Å². The highest BCUT2D eigenvalue weighted by Gasteiger charge is 2.45. The van der Waals surface area contributed by atoms with Gasteiger partial charge in [-0.15, -0.1) is 0 Å². The average molecular weight is 284 g/mol. The molecule has 2 fully saturated rings. The van der Waals surface area contributed by atoms with Crippen LogP contribution in [0.25, 0.3) is 0 Å². The fourth-order valence-corrected chi connectivity index (χ4v) is 2.68. The van der Waals surface area contributed by atoms with E-state index in [0.29, 0.717) is 39.0 Å². The van der Waals surface area contributed by atoms with Gasteiger partial charge in [-0.05, 0) is 12.8 Å². The molecule has 20 heavy (non-hydrogen) atoms. The average Bonchev–Trinajstić information content (AvgIpc) is 2.88. The second-order valence-electron chi connectivity index (χ2n) is 5.46. The normalized spacial score (nSPS) is 27.4. The van der Waals surface area contributed by atoms with Crippen LogP contribution in [0.4, 0.5) is 0 Å². The summed E-state index contributed by atoms with van der Waals surface area (Å²) in [4.78, 5) is 36.5. The van der Waals surface area contributed by atoms with Crippen LogP contribution in [0, 0.1) is 5.92 Å². The van der Waals surface area contributed by atoms with Gasteiger partial charge >= 0.3 is 5.97 Å². The molecule has 2 saturated heterocycles. The third kappa shape index (κ3) is 2.92. The fourth-order valence-electron chi connectivity index (χ4n) is 2.68. The monoisotopic (exact) mass is 284 g/mol. The van der Waals surface area contributed by atoms with Gasteiger partial charge in [-0.25, -0.2) is 4.79 Å². The molecule has 2 aliphatic rings.